The van der Waals surface area contributed by atoms with Crippen molar-refractivity contribution in [3.05, 3.63) is 23.2 Å². The molecular weight excluding hydrogens is 288 g/mol. The van der Waals surface area contributed by atoms with Crippen LogP contribution in [-0.4, -0.2) is 33.4 Å². The number of hydrogen-bond acceptors (Lipinski definition) is 6. The standard InChI is InChI=1S/C15H20N2O3S/c1-9(16-2)13-8-17-15(21-13)10-6-11(18-3)14(20-5)12(7-10)19-4/h6-9,16H,1-5H3. The van der Waals surface area contributed by atoms with E-state index in [1.165, 1.54) is 4.88 Å². The van der Waals surface area contributed by atoms with E-state index in [0.717, 1.165) is 10.6 Å². The summed E-state index contributed by atoms with van der Waals surface area (Å²) in [6.45, 7) is 2.10. The molecule has 0 amide bonds. The minimum atomic E-state index is 0.276. The maximum atomic E-state index is 5.38. The zero-order valence-electron chi connectivity index (χ0n) is 12.9. The fraction of sp³-hybridized carbons (Fsp3) is 0.400. The molecule has 2 aromatic rings. The van der Waals surface area contributed by atoms with Gasteiger partial charge < -0.3 is 19.5 Å². The summed E-state index contributed by atoms with van der Waals surface area (Å²) < 4.78 is 16.1. The molecule has 0 aliphatic heterocycles. The number of nitrogens with one attached hydrogen (secondary N) is 1. The van der Waals surface area contributed by atoms with Crippen molar-refractivity contribution in [1.82, 2.24) is 10.3 Å². The van der Waals surface area contributed by atoms with Crippen LogP contribution in [0.2, 0.25) is 0 Å². The van der Waals surface area contributed by atoms with Crippen LogP contribution in [0.25, 0.3) is 10.6 Å². The van der Waals surface area contributed by atoms with Crippen LogP contribution in [0.15, 0.2) is 18.3 Å². The van der Waals surface area contributed by atoms with Gasteiger partial charge in [-0.25, -0.2) is 4.98 Å². The van der Waals surface area contributed by atoms with Gasteiger partial charge in [0.1, 0.15) is 5.01 Å². The summed E-state index contributed by atoms with van der Waals surface area (Å²) in [4.78, 5) is 5.67. The monoisotopic (exact) mass is 308 g/mol. The first-order chi connectivity index (χ1) is 10.1. The molecule has 0 radical (unpaired) electrons. The summed E-state index contributed by atoms with van der Waals surface area (Å²) in [5.74, 6) is 1.85. The maximum absolute atomic E-state index is 5.38. The van der Waals surface area contributed by atoms with Crippen molar-refractivity contribution in [1.29, 1.82) is 0 Å². The van der Waals surface area contributed by atoms with Gasteiger partial charge in [0.25, 0.3) is 0 Å². The first-order valence-electron chi connectivity index (χ1n) is 6.58. The summed E-state index contributed by atoms with van der Waals surface area (Å²) in [6.07, 6.45) is 1.89. The number of aromatic nitrogens is 1. The van der Waals surface area contributed by atoms with E-state index in [4.69, 9.17) is 14.2 Å². The topological polar surface area (TPSA) is 52.6 Å². The Labute approximate surface area is 128 Å². The van der Waals surface area contributed by atoms with Crippen molar-refractivity contribution < 1.29 is 14.2 Å². The van der Waals surface area contributed by atoms with Gasteiger partial charge in [0.05, 0.1) is 21.3 Å². The zero-order chi connectivity index (χ0) is 15.4. The van der Waals surface area contributed by atoms with Gasteiger partial charge in [-0.2, -0.15) is 0 Å². The Bertz CT molecular complexity index is 588. The van der Waals surface area contributed by atoms with Crippen molar-refractivity contribution in [2.45, 2.75) is 13.0 Å². The predicted octanol–water partition coefficient (Wildman–Crippen LogP) is 3.12. The second-order valence-corrected chi connectivity index (χ2v) is 5.55. The fourth-order valence-corrected chi connectivity index (χ4v) is 2.93. The third-order valence-corrected chi connectivity index (χ3v) is 4.52. The molecule has 5 nitrogen and oxygen atoms in total. The molecule has 0 aliphatic carbocycles. The van der Waals surface area contributed by atoms with E-state index in [-0.39, 0.29) is 6.04 Å². The molecule has 1 N–H and O–H groups in total. The van der Waals surface area contributed by atoms with Crippen molar-refractivity contribution >= 4 is 11.3 Å². The molecule has 0 fully saturated rings. The molecule has 2 rings (SSSR count). The molecule has 6 heteroatoms. The van der Waals surface area contributed by atoms with E-state index in [1.807, 2.05) is 25.4 Å². The van der Waals surface area contributed by atoms with E-state index in [1.54, 1.807) is 32.7 Å². The van der Waals surface area contributed by atoms with Crippen LogP contribution in [-0.2, 0) is 0 Å². The highest BCUT2D eigenvalue weighted by Gasteiger charge is 2.16. The van der Waals surface area contributed by atoms with Crippen LogP contribution < -0.4 is 19.5 Å². The molecule has 0 saturated heterocycles. The largest absolute Gasteiger partial charge is 0.493 e. The SMILES string of the molecule is CNC(C)c1cnc(-c2cc(OC)c(OC)c(OC)c2)s1. The van der Waals surface area contributed by atoms with E-state index >= 15 is 0 Å². The highest BCUT2D eigenvalue weighted by molar-refractivity contribution is 7.15. The van der Waals surface area contributed by atoms with Crippen molar-refractivity contribution in [2.24, 2.45) is 0 Å². The van der Waals surface area contributed by atoms with Gasteiger partial charge in [-0.1, -0.05) is 0 Å². The minimum absolute atomic E-state index is 0.276. The third kappa shape index (κ3) is 3.11. The average Bonchev–Trinajstić information content (AvgIpc) is 3.02. The molecule has 0 aliphatic rings. The molecule has 21 heavy (non-hydrogen) atoms. The lowest BCUT2D eigenvalue weighted by molar-refractivity contribution is 0.324. The van der Waals surface area contributed by atoms with Gasteiger partial charge in [0, 0.05) is 22.7 Å². The molecule has 1 aromatic heterocycles. The molecule has 1 aromatic carbocycles. The number of benzene rings is 1. The number of nitrogens with zero attached hydrogens (tertiary/aromatic N) is 1. The van der Waals surface area contributed by atoms with Gasteiger partial charge in [-0.05, 0) is 26.1 Å². The Hall–Kier alpha value is -1.79. The molecule has 0 saturated carbocycles. The quantitative estimate of drug-likeness (QED) is 0.888. The van der Waals surface area contributed by atoms with E-state index in [9.17, 15) is 0 Å². The molecule has 114 valence electrons. The van der Waals surface area contributed by atoms with Crippen LogP contribution >= 0.6 is 11.3 Å². The normalized spacial score (nSPS) is 12.0. The van der Waals surface area contributed by atoms with Gasteiger partial charge >= 0.3 is 0 Å². The Kier molecular flexibility index (Phi) is 5.03. The summed E-state index contributed by atoms with van der Waals surface area (Å²) in [5.41, 5.74) is 0.948. The molecular formula is C15H20N2O3S. The second kappa shape index (κ2) is 6.78. The van der Waals surface area contributed by atoms with Crippen LogP contribution in [0.3, 0.4) is 0 Å². The fourth-order valence-electron chi connectivity index (χ4n) is 1.97. The van der Waals surface area contributed by atoms with Crippen molar-refractivity contribution in [3.8, 4) is 27.8 Å². The Morgan fingerprint density at radius 2 is 1.71 bits per heavy atom. The lowest BCUT2D eigenvalue weighted by Crippen LogP contribution is -2.10. The number of ether oxygens (including phenoxy) is 3. The van der Waals surface area contributed by atoms with Gasteiger partial charge in [0.15, 0.2) is 11.5 Å². The molecule has 1 atom stereocenters. The Balaban J connectivity index is 2.46. The van der Waals surface area contributed by atoms with Crippen LogP contribution in [0.4, 0.5) is 0 Å². The van der Waals surface area contributed by atoms with Crippen LogP contribution in [0.1, 0.15) is 17.8 Å². The maximum Gasteiger partial charge on any atom is 0.203 e. The predicted molar refractivity (Wildman–Crippen MR) is 84.7 cm³/mol. The van der Waals surface area contributed by atoms with Crippen LogP contribution in [0.5, 0.6) is 17.2 Å². The first-order valence-corrected chi connectivity index (χ1v) is 7.39. The molecule has 0 spiro atoms. The Morgan fingerprint density at radius 3 is 2.19 bits per heavy atom. The number of thiazole rings is 1. The average molecular weight is 308 g/mol. The third-order valence-electron chi connectivity index (χ3n) is 3.30. The number of methoxy groups -OCH3 is 3. The second-order valence-electron chi connectivity index (χ2n) is 4.49. The molecule has 1 heterocycles. The Morgan fingerprint density at radius 1 is 1.10 bits per heavy atom. The van der Waals surface area contributed by atoms with Gasteiger partial charge in [0.2, 0.25) is 5.75 Å². The van der Waals surface area contributed by atoms with E-state index < -0.39 is 0 Å². The summed E-state index contributed by atoms with van der Waals surface area (Å²) >= 11 is 1.64. The van der Waals surface area contributed by atoms with Crippen molar-refractivity contribution in [3.63, 3.8) is 0 Å². The first kappa shape index (κ1) is 15.6. The lowest BCUT2D eigenvalue weighted by atomic mass is 10.2. The summed E-state index contributed by atoms with van der Waals surface area (Å²) in [5, 5.41) is 4.13. The molecule has 0 bridgehead atoms. The number of hydrogen-bond donors (Lipinski definition) is 1. The summed E-state index contributed by atoms with van der Waals surface area (Å²) in [7, 11) is 6.74. The van der Waals surface area contributed by atoms with Gasteiger partial charge in [-0.15, -0.1) is 11.3 Å². The minimum Gasteiger partial charge on any atom is -0.493 e. The van der Waals surface area contributed by atoms with Gasteiger partial charge in [-0.3, -0.25) is 0 Å². The van der Waals surface area contributed by atoms with Crippen molar-refractivity contribution in [2.75, 3.05) is 28.4 Å². The molecule has 1 unspecified atom stereocenters. The van der Waals surface area contributed by atoms with E-state index in [2.05, 4.69) is 17.2 Å². The zero-order valence-corrected chi connectivity index (χ0v) is 13.7. The van der Waals surface area contributed by atoms with E-state index in [0.29, 0.717) is 17.2 Å². The highest BCUT2D eigenvalue weighted by atomic mass is 32.1. The summed E-state index contributed by atoms with van der Waals surface area (Å²) in [6, 6.07) is 4.10. The smallest absolute Gasteiger partial charge is 0.203 e. The number of rotatable bonds is 6. The highest BCUT2D eigenvalue weighted by Crippen LogP contribution is 2.42. The van der Waals surface area contributed by atoms with Crippen LogP contribution in [0, 0.1) is 0 Å². The lowest BCUT2D eigenvalue weighted by Gasteiger charge is -2.13.